The second-order valence-electron chi connectivity index (χ2n) is 4.03. The van der Waals surface area contributed by atoms with E-state index in [9.17, 15) is 14.4 Å². The topological polar surface area (TPSA) is 90.9 Å². The summed E-state index contributed by atoms with van der Waals surface area (Å²) in [4.78, 5) is 33.6. The second kappa shape index (κ2) is 6.55. The zero-order valence-corrected chi connectivity index (χ0v) is 10.5. The number of ether oxygens (including phenoxy) is 3. The average Bonchev–Trinajstić information content (AvgIpc) is 2.47. The molecule has 0 saturated carbocycles. The molecule has 1 amide bonds. The molecule has 1 unspecified atom stereocenters. The molecule has 1 fully saturated rings. The highest BCUT2D eigenvalue weighted by Crippen LogP contribution is 2.04. The Hall–Kier alpha value is -2.57. The number of benzene rings is 1. The minimum absolute atomic E-state index is 0.113. The van der Waals surface area contributed by atoms with Gasteiger partial charge in [0.1, 0.15) is 6.61 Å². The number of hydrogen-bond donors (Lipinski definition) is 1. The molecule has 1 aliphatic rings. The summed E-state index contributed by atoms with van der Waals surface area (Å²) in [5, 5.41) is 2.33. The normalized spacial score (nSPS) is 17.9. The van der Waals surface area contributed by atoms with E-state index in [-0.39, 0.29) is 13.2 Å². The van der Waals surface area contributed by atoms with Crippen LogP contribution in [0.3, 0.4) is 0 Å². The zero-order valence-electron chi connectivity index (χ0n) is 10.5. The van der Waals surface area contributed by atoms with Crippen molar-refractivity contribution < 1.29 is 28.6 Å². The van der Waals surface area contributed by atoms with Gasteiger partial charge in [-0.25, -0.2) is 14.4 Å². The van der Waals surface area contributed by atoms with Gasteiger partial charge < -0.3 is 19.5 Å². The predicted octanol–water partition coefficient (Wildman–Crippen LogP) is 0.381. The highest BCUT2D eigenvalue weighted by molar-refractivity contribution is 5.85. The Morgan fingerprint density at radius 3 is 2.80 bits per heavy atom. The van der Waals surface area contributed by atoms with Crippen molar-refractivity contribution in [2.45, 2.75) is 12.7 Å². The van der Waals surface area contributed by atoms with Crippen molar-refractivity contribution >= 4 is 18.0 Å². The molecule has 1 N–H and O–H groups in total. The molecule has 7 heteroatoms. The van der Waals surface area contributed by atoms with Crippen molar-refractivity contribution in [2.24, 2.45) is 0 Å². The molecule has 1 aliphatic heterocycles. The van der Waals surface area contributed by atoms with Crippen LogP contribution in [0, 0.1) is 0 Å². The Morgan fingerprint density at radius 1 is 1.30 bits per heavy atom. The smallest absolute Gasteiger partial charge is 0.407 e. The van der Waals surface area contributed by atoms with E-state index >= 15 is 0 Å². The number of carbonyl (C=O) groups excluding carboxylic acids is 3. The van der Waals surface area contributed by atoms with Gasteiger partial charge in [-0.2, -0.15) is 0 Å². The van der Waals surface area contributed by atoms with E-state index in [1.54, 1.807) is 0 Å². The van der Waals surface area contributed by atoms with Gasteiger partial charge in [-0.1, -0.05) is 30.3 Å². The third-order valence-corrected chi connectivity index (χ3v) is 2.51. The second-order valence-corrected chi connectivity index (χ2v) is 4.03. The molecule has 0 bridgehead atoms. The van der Waals surface area contributed by atoms with Crippen molar-refractivity contribution in [1.82, 2.24) is 5.32 Å². The largest absolute Gasteiger partial charge is 0.451 e. The number of cyclic esters (lactones) is 2. The Kier molecular flexibility index (Phi) is 4.54. The molecule has 0 aromatic heterocycles. The van der Waals surface area contributed by atoms with Gasteiger partial charge in [0.05, 0.1) is 6.54 Å². The standard InChI is InChI=1S/C13H13NO6/c15-11-8-18-12(16)10(20-11)6-14-13(17)19-7-9-4-2-1-3-5-9/h1-5,10H,6-8H2,(H,14,17). The number of carbonyl (C=O) groups is 3. The summed E-state index contributed by atoms with van der Waals surface area (Å²) in [6.07, 6.45) is -1.83. The molecule has 106 valence electrons. The third-order valence-electron chi connectivity index (χ3n) is 2.51. The maximum absolute atomic E-state index is 11.4. The fraction of sp³-hybridized carbons (Fsp3) is 0.308. The molecule has 1 aromatic carbocycles. The SMILES string of the molecule is O=C1COC(=O)C(CNC(=O)OCc2ccccc2)O1. The summed E-state index contributed by atoms with van der Waals surface area (Å²) < 4.78 is 14.2. The number of esters is 2. The van der Waals surface area contributed by atoms with E-state index in [1.807, 2.05) is 30.3 Å². The van der Waals surface area contributed by atoms with Gasteiger partial charge in [0.15, 0.2) is 6.61 Å². The lowest BCUT2D eigenvalue weighted by Crippen LogP contribution is -2.45. The molecule has 7 nitrogen and oxygen atoms in total. The number of amides is 1. The number of nitrogens with one attached hydrogen (secondary N) is 1. The van der Waals surface area contributed by atoms with E-state index in [0.29, 0.717) is 0 Å². The molecule has 2 rings (SSSR count). The number of alkyl carbamates (subject to hydrolysis) is 1. The lowest BCUT2D eigenvalue weighted by Gasteiger charge is -2.21. The zero-order chi connectivity index (χ0) is 14.4. The number of hydrogen-bond acceptors (Lipinski definition) is 6. The van der Waals surface area contributed by atoms with E-state index in [0.717, 1.165) is 5.56 Å². The van der Waals surface area contributed by atoms with Gasteiger partial charge in [0.2, 0.25) is 6.10 Å². The highest BCUT2D eigenvalue weighted by Gasteiger charge is 2.30. The monoisotopic (exact) mass is 279 g/mol. The molecule has 20 heavy (non-hydrogen) atoms. The first-order chi connectivity index (χ1) is 9.65. The molecule has 0 spiro atoms. The van der Waals surface area contributed by atoms with Crippen LogP contribution in [-0.4, -0.2) is 37.3 Å². The van der Waals surface area contributed by atoms with E-state index in [4.69, 9.17) is 9.47 Å². The quantitative estimate of drug-likeness (QED) is 0.633. The van der Waals surface area contributed by atoms with Crippen LogP contribution in [0.4, 0.5) is 4.79 Å². The fourth-order valence-corrected chi connectivity index (χ4v) is 1.54. The maximum Gasteiger partial charge on any atom is 0.407 e. The van der Waals surface area contributed by atoms with Gasteiger partial charge in [-0.05, 0) is 5.56 Å². The first kappa shape index (κ1) is 13.9. The fourth-order valence-electron chi connectivity index (χ4n) is 1.54. The van der Waals surface area contributed by atoms with E-state index in [2.05, 4.69) is 10.1 Å². The summed E-state index contributed by atoms with van der Waals surface area (Å²) in [6.45, 7) is -0.465. The first-order valence-corrected chi connectivity index (χ1v) is 5.96. The van der Waals surface area contributed by atoms with Crippen LogP contribution in [0.1, 0.15) is 5.56 Å². The van der Waals surface area contributed by atoms with Crippen molar-refractivity contribution in [3.63, 3.8) is 0 Å². The van der Waals surface area contributed by atoms with Crippen LogP contribution in [-0.2, 0) is 30.4 Å². The summed E-state index contributed by atoms with van der Waals surface area (Å²) in [6, 6.07) is 9.13. The summed E-state index contributed by atoms with van der Waals surface area (Å²) in [5.41, 5.74) is 0.839. The van der Waals surface area contributed by atoms with Crippen LogP contribution in [0.2, 0.25) is 0 Å². The molecule has 0 aliphatic carbocycles. The van der Waals surface area contributed by atoms with E-state index < -0.39 is 30.7 Å². The van der Waals surface area contributed by atoms with Gasteiger partial charge in [0.25, 0.3) is 0 Å². The lowest BCUT2D eigenvalue weighted by atomic mass is 10.2. The Morgan fingerprint density at radius 2 is 2.05 bits per heavy atom. The van der Waals surface area contributed by atoms with Gasteiger partial charge in [-0.15, -0.1) is 0 Å². The summed E-state index contributed by atoms with van der Waals surface area (Å²) >= 11 is 0. The maximum atomic E-state index is 11.4. The van der Waals surface area contributed by atoms with Crippen LogP contribution in [0.25, 0.3) is 0 Å². The molecular weight excluding hydrogens is 266 g/mol. The summed E-state index contributed by atoms with van der Waals surface area (Å²) in [7, 11) is 0. The molecule has 1 saturated heterocycles. The molecule has 1 heterocycles. The number of rotatable bonds is 4. The molecular formula is C13H13NO6. The summed E-state index contributed by atoms with van der Waals surface area (Å²) in [5.74, 6) is -1.33. The average molecular weight is 279 g/mol. The van der Waals surface area contributed by atoms with Crippen LogP contribution >= 0.6 is 0 Å². The minimum atomic E-state index is -1.12. The van der Waals surface area contributed by atoms with Crippen LogP contribution in [0.5, 0.6) is 0 Å². The van der Waals surface area contributed by atoms with Crippen LogP contribution < -0.4 is 5.32 Å². The Bertz CT molecular complexity index is 501. The predicted molar refractivity (Wildman–Crippen MR) is 65.5 cm³/mol. The molecule has 1 atom stereocenters. The Labute approximate surface area is 114 Å². The molecule has 0 radical (unpaired) electrons. The van der Waals surface area contributed by atoms with Gasteiger partial charge >= 0.3 is 18.0 Å². The third kappa shape index (κ3) is 3.98. The Balaban J connectivity index is 1.72. The van der Waals surface area contributed by atoms with E-state index in [1.165, 1.54) is 0 Å². The minimum Gasteiger partial charge on any atom is -0.451 e. The van der Waals surface area contributed by atoms with Crippen molar-refractivity contribution in [3.05, 3.63) is 35.9 Å². The van der Waals surface area contributed by atoms with Crippen LogP contribution in [0.15, 0.2) is 30.3 Å². The molecule has 1 aromatic rings. The lowest BCUT2D eigenvalue weighted by molar-refractivity contribution is -0.184. The van der Waals surface area contributed by atoms with Gasteiger partial charge in [-0.3, -0.25) is 0 Å². The van der Waals surface area contributed by atoms with Crippen molar-refractivity contribution in [3.8, 4) is 0 Å². The van der Waals surface area contributed by atoms with Crippen molar-refractivity contribution in [2.75, 3.05) is 13.2 Å². The van der Waals surface area contributed by atoms with Gasteiger partial charge in [0, 0.05) is 0 Å². The highest BCUT2D eigenvalue weighted by atomic mass is 16.6. The first-order valence-electron chi connectivity index (χ1n) is 5.96. The van der Waals surface area contributed by atoms with Crippen molar-refractivity contribution in [1.29, 1.82) is 0 Å².